The van der Waals surface area contributed by atoms with Crippen LogP contribution < -0.4 is 9.80 Å². The topological polar surface area (TPSA) is 42.9 Å². The number of hydrogen-bond donors (Lipinski definition) is 0. The molecule has 2 aliphatic heterocycles. The van der Waals surface area contributed by atoms with Crippen LogP contribution in [0.2, 0.25) is 0 Å². The molecule has 32 heavy (non-hydrogen) atoms. The lowest BCUT2D eigenvalue weighted by Crippen LogP contribution is -2.50. The Hall–Kier alpha value is -2.44. The highest BCUT2D eigenvalue weighted by Gasteiger charge is 2.47. The Kier molecular flexibility index (Phi) is 5.91. The Balaban J connectivity index is 1.41. The molecule has 1 aliphatic carbocycles. The third kappa shape index (κ3) is 3.90. The van der Waals surface area contributed by atoms with Gasteiger partial charge in [-0.3, -0.25) is 14.6 Å². The van der Waals surface area contributed by atoms with Gasteiger partial charge >= 0.3 is 0 Å². The molecule has 5 rings (SSSR count). The second-order valence-electron chi connectivity index (χ2n) is 9.76. The maximum absolute atomic E-state index is 13.9. The van der Waals surface area contributed by atoms with Crippen molar-refractivity contribution in [3.05, 3.63) is 53.2 Å². The second kappa shape index (κ2) is 8.83. The molecule has 6 heteroatoms. The van der Waals surface area contributed by atoms with Crippen molar-refractivity contribution in [1.82, 2.24) is 14.8 Å². The van der Waals surface area contributed by atoms with E-state index in [4.69, 9.17) is 4.98 Å². The first-order chi connectivity index (χ1) is 15.5. The summed E-state index contributed by atoms with van der Waals surface area (Å²) in [5, 5.41) is 0. The fourth-order valence-electron chi connectivity index (χ4n) is 5.73. The summed E-state index contributed by atoms with van der Waals surface area (Å²) >= 11 is 0. The summed E-state index contributed by atoms with van der Waals surface area (Å²) in [4.78, 5) is 27.9. The predicted octanol–water partition coefficient (Wildman–Crippen LogP) is 3.60. The number of piperazine rings is 1. The van der Waals surface area contributed by atoms with Gasteiger partial charge in [0, 0.05) is 64.1 Å². The van der Waals surface area contributed by atoms with Gasteiger partial charge < -0.3 is 9.80 Å². The lowest BCUT2D eigenvalue weighted by atomic mass is 10.0. The molecular weight excluding hydrogens is 398 g/mol. The number of benzene rings is 1. The van der Waals surface area contributed by atoms with Gasteiger partial charge in [-0.25, -0.2) is 4.98 Å². The van der Waals surface area contributed by atoms with Gasteiger partial charge in [-0.15, -0.1) is 0 Å². The highest BCUT2D eigenvalue weighted by Crippen LogP contribution is 2.47. The van der Waals surface area contributed by atoms with Crippen LogP contribution in [0.5, 0.6) is 0 Å². The van der Waals surface area contributed by atoms with Gasteiger partial charge in [0.1, 0.15) is 11.9 Å². The molecule has 1 amide bonds. The first-order valence-corrected chi connectivity index (χ1v) is 12.0. The number of nitrogens with zero attached hydrogens (tertiary/aromatic N) is 5. The molecule has 0 N–H and O–H groups in total. The van der Waals surface area contributed by atoms with Crippen LogP contribution in [0.3, 0.4) is 0 Å². The predicted molar refractivity (Wildman–Crippen MR) is 129 cm³/mol. The molecule has 1 atom stereocenters. The molecule has 0 radical (unpaired) electrons. The zero-order chi connectivity index (χ0) is 22.2. The van der Waals surface area contributed by atoms with Crippen LogP contribution in [0.4, 0.5) is 11.5 Å². The monoisotopic (exact) mass is 433 g/mol. The molecule has 2 aromatic rings. The molecule has 0 spiro atoms. The molecule has 6 nitrogen and oxygen atoms in total. The largest absolute Gasteiger partial charge is 0.362 e. The van der Waals surface area contributed by atoms with E-state index in [1.165, 1.54) is 18.4 Å². The van der Waals surface area contributed by atoms with E-state index in [1.54, 1.807) is 0 Å². The lowest BCUT2D eigenvalue weighted by Gasteiger charge is -2.38. The third-order valence-electron chi connectivity index (χ3n) is 7.28. The molecule has 1 saturated heterocycles. The Morgan fingerprint density at radius 2 is 1.72 bits per heavy atom. The molecule has 170 valence electrons. The van der Waals surface area contributed by atoms with Crippen LogP contribution in [0.1, 0.15) is 48.5 Å². The van der Waals surface area contributed by atoms with Crippen molar-refractivity contribution < 1.29 is 4.79 Å². The first kappa shape index (κ1) is 21.4. The van der Waals surface area contributed by atoms with E-state index in [0.717, 1.165) is 68.3 Å². The maximum Gasteiger partial charge on any atom is 0.249 e. The molecule has 1 aromatic heterocycles. The summed E-state index contributed by atoms with van der Waals surface area (Å²) < 4.78 is 0. The normalized spacial score (nSPS) is 22.5. The van der Waals surface area contributed by atoms with Crippen LogP contribution in [0.25, 0.3) is 0 Å². The molecule has 3 heterocycles. The number of aromatic nitrogens is 1. The zero-order valence-corrected chi connectivity index (χ0v) is 19.6. The van der Waals surface area contributed by atoms with E-state index in [1.807, 2.05) is 21.0 Å². The molecule has 1 aromatic carbocycles. The van der Waals surface area contributed by atoms with Crippen molar-refractivity contribution in [3.63, 3.8) is 0 Å². The molecule has 0 unspecified atom stereocenters. The van der Waals surface area contributed by atoms with Gasteiger partial charge in [0.15, 0.2) is 0 Å². The van der Waals surface area contributed by atoms with E-state index in [2.05, 4.69) is 56.0 Å². The van der Waals surface area contributed by atoms with Crippen LogP contribution in [0.15, 0.2) is 36.4 Å². The van der Waals surface area contributed by atoms with Gasteiger partial charge in [-0.2, -0.15) is 0 Å². The third-order valence-corrected chi connectivity index (χ3v) is 7.28. The Labute approximate surface area is 191 Å². The van der Waals surface area contributed by atoms with Gasteiger partial charge in [-0.05, 0) is 31.4 Å². The summed E-state index contributed by atoms with van der Waals surface area (Å²) in [6.07, 6.45) is 4.66. The van der Waals surface area contributed by atoms with Crippen LogP contribution in [-0.2, 0) is 11.3 Å². The van der Waals surface area contributed by atoms with Crippen molar-refractivity contribution >= 4 is 17.4 Å². The highest BCUT2D eigenvalue weighted by molar-refractivity contribution is 6.06. The molecule has 2 fully saturated rings. The standard InChI is InChI=1S/C26H35N5O/c1-19-17-22-23(25(27-19)28(2)3)24(26(32)31(22)21-11-7-8-12-21)30-15-13-29(14-16-30)18-20-9-5-4-6-10-20/h4-6,9-10,17,21,24H,7-8,11-16,18H2,1-3H3/t24-/m1/s1. The van der Waals surface area contributed by atoms with E-state index in [-0.39, 0.29) is 11.9 Å². The molecule has 0 bridgehead atoms. The summed E-state index contributed by atoms with van der Waals surface area (Å²) in [7, 11) is 4.08. The number of amides is 1. The lowest BCUT2D eigenvalue weighted by molar-refractivity contribution is -0.124. The van der Waals surface area contributed by atoms with Crippen molar-refractivity contribution in [2.45, 2.75) is 51.2 Å². The van der Waals surface area contributed by atoms with Gasteiger partial charge in [0.2, 0.25) is 5.91 Å². The van der Waals surface area contributed by atoms with Crippen molar-refractivity contribution in [2.75, 3.05) is 50.1 Å². The fraction of sp³-hybridized carbons (Fsp3) is 0.538. The SMILES string of the molecule is Cc1cc2c(c(N(C)C)n1)[C@@H](N1CCN(Cc3ccccc3)CC1)C(=O)N2C1CCCC1. The average Bonchev–Trinajstić information content (AvgIpc) is 3.40. The number of anilines is 2. The van der Waals surface area contributed by atoms with Crippen molar-refractivity contribution in [1.29, 1.82) is 0 Å². The minimum Gasteiger partial charge on any atom is -0.362 e. The summed E-state index contributed by atoms with van der Waals surface area (Å²) in [6, 6.07) is 12.9. The van der Waals surface area contributed by atoms with Crippen LogP contribution in [-0.4, -0.2) is 67.0 Å². The first-order valence-electron chi connectivity index (χ1n) is 12.0. The van der Waals surface area contributed by atoms with Crippen molar-refractivity contribution in [3.8, 4) is 0 Å². The van der Waals surface area contributed by atoms with Crippen molar-refractivity contribution in [2.24, 2.45) is 0 Å². The summed E-state index contributed by atoms with van der Waals surface area (Å²) in [5.74, 6) is 1.21. The second-order valence-corrected chi connectivity index (χ2v) is 9.76. The Morgan fingerprint density at radius 1 is 1.03 bits per heavy atom. The number of carbonyl (C=O) groups is 1. The fourth-order valence-corrected chi connectivity index (χ4v) is 5.73. The van der Waals surface area contributed by atoms with E-state index >= 15 is 0 Å². The van der Waals surface area contributed by atoms with Gasteiger partial charge in [-0.1, -0.05) is 43.2 Å². The highest BCUT2D eigenvalue weighted by atomic mass is 16.2. The number of rotatable bonds is 5. The van der Waals surface area contributed by atoms with Crippen LogP contribution in [0, 0.1) is 6.92 Å². The zero-order valence-electron chi connectivity index (χ0n) is 19.6. The Bertz CT molecular complexity index is 962. The number of aryl methyl sites for hydroxylation is 1. The maximum atomic E-state index is 13.9. The average molecular weight is 434 g/mol. The molecular formula is C26H35N5O. The number of fused-ring (bicyclic) bond motifs is 1. The smallest absolute Gasteiger partial charge is 0.249 e. The Morgan fingerprint density at radius 3 is 2.38 bits per heavy atom. The number of hydrogen-bond acceptors (Lipinski definition) is 5. The van der Waals surface area contributed by atoms with Gasteiger partial charge in [0.05, 0.1) is 5.69 Å². The van der Waals surface area contributed by atoms with Gasteiger partial charge in [0.25, 0.3) is 0 Å². The summed E-state index contributed by atoms with van der Waals surface area (Å²) in [6.45, 7) is 6.79. The molecule has 1 saturated carbocycles. The summed E-state index contributed by atoms with van der Waals surface area (Å²) in [5.41, 5.74) is 4.56. The molecule has 3 aliphatic rings. The van der Waals surface area contributed by atoms with E-state index in [9.17, 15) is 4.79 Å². The number of carbonyl (C=O) groups excluding carboxylic acids is 1. The van der Waals surface area contributed by atoms with E-state index < -0.39 is 0 Å². The van der Waals surface area contributed by atoms with Crippen LogP contribution >= 0.6 is 0 Å². The number of pyridine rings is 1. The minimum atomic E-state index is -0.213. The minimum absolute atomic E-state index is 0.213. The quantitative estimate of drug-likeness (QED) is 0.721. The van der Waals surface area contributed by atoms with E-state index in [0.29, 0.717) is 6.04 Å².